The number of anilines is 1. The Balaban J connectivity index is 1.29. The molecule has 0 saturated carbocycles. The zero-order chi connectivity index (χ0) is 27.6. The summed E-state index contributed by atoms with van der Waals surface area (Å²) in [6.45, 7) is 0.172. The number of aromatic nitrogens is 1. The summed E-state index contributed by atoms with van der Waals surface area (Å²) >= 11 is 0. The van der Waals surface area contributed by atoms with Gasteiger partial charge in [-0.25, -0.2) is 9.88 Å². The molecule has 5 aromatic rings. The van der Waals surface area contributed by atoms with E-state index < -0.39 is 11.9 Å². The highest BCUT2D eigenvalue weighted by atomic mass is 16.5. The molecule has 0 bridgehead atoms. The minimum Gasteiger partial charge on any atom is -0.497 e. The zero-order valence-electron chi connectivity index (χ0n) is 21.7. The number of carbonyl (C=O) groups is 3. The van der Waals surface area contributed by atoms with Crippen LogP contribution in [0.2, 0.25) is 0 Å². The number of rotatable bonds is 7. The van der Waals surface area contributed by atoms with E-state index in [0.29, 0.717) is 28.5 Å². The van der Waals surface area contributed by atoms with Gasteiger partial charge in [-0.05, 0) is 60.2 Å². The number of hydrogen-bond acceptors (Lipinski definition) is 6. The lowest BCUT2D eigenvalue weighted by atomic mass is 10.1. The molecule has 1 aliphatic heterocycles. The highest BCUT2D eigenvalue weighted by molar-refractivity contribution is 6.23. The first-order valence-corrected chi connectivity index (χ1v) is 12.8. The van der Waals surface area contributed by atoms with Crippen LogP contribution in [0.4, 0.5) is 5.69 Å². The van der Waals surface area contributed by atoms with Crippen LogP contribution in [0.25, 0.3) is 22.6 Å². The van der Waals surface area contributed by atoms with Gasteiger partial charge in [0.25, 0.3) is 11.8 Å². The summed E-state index contributed by atoms with van der Waals surface area (Å²) in [5, 5.41) is 0. The van der Waals surface area contributed by atoms with E-state index in [-0.39, 0.29) is 24.8 Å². The van der Waals surface area contributed by atoms with E-state index in [0.717, 1.165) is 21.5 Å². The molecule has 1 aliphatic rings. The molecule has 8 heteroatoms. The molecule has 0 spiro atoms. The Labute approximate surface area is 230 Å². The number of methoxy groups -OCH3 is 1. The van der Waals surface area contributed by atoms with Gasteiger partial charge in [0.1, 0.15) is 17.3 Å². The number of imide groups is 1. The minimum atomic E-state index is -0.955. The maximum atomic E-state index is 13.7. The van der Waals surface area contributed by atoms with E-state index in [9.17, 15) is 14.4 Å². The number of para-hydroxylation sites is 2. The number of hydrogen-bond donors (Lipinski definition) is 0. The molecule has 0 N–H and O–H groups in total. The van der Waals surface area contributed by atoms with Gasteiger partial charge in [0.15, 0.2) is 5.58 Å². The van der Waals surface area contributed by atoms with Crippen molar-refractivity contribution in [1.29, 1.82) is 0 Å². The second kappa shape index (κ2) is 10.5. The smallest absolute Gasteiger partial charge is 0.257 e. The molecule has 8 nitrogen and oxygen atoms in total. The predicted molar refractivity (Wildman–Crippen MR) is 150 cm³/mol. The molecule has 3 amide bonds. The van der Waals surface area contributed by atoms with Crippen molar-refractivity contribution in [3.63, 3.8) is 0 Å². The van der Waals surface area contributed by atoms with Gasteiger partial charge in [-0.2, -0.15) is 0 Å². The average molecular weight is 532 g/mol. The topological polar surface area (TPSA) is 92.9 Å². The van der Waals surface area contributed by atoms with Gasteiger partial charge in [0.2, 0.25) is 11.8 Å². The van der Waals surface area contributed by atoms with E-state index >= 15 is 0 Å². The summed E-state index contributed by atoms with van der Waals surface area (Å²) in [6, 6.07) is 29.6. The Morgan fingerprint density at radius 1 is 0.950 bits per heavy atom. The van der Waals surface area contributed by atoms with Crippen LogP contribution in [-0.2, 0) is 16.1 Å². The predicted octanol–water partition coefficient (Wildman–Crippen LogP) is 5.48. The van der Waals surface area contributed by atoms with E-state index in [2.05, 4.69) is 4.98 Å². The quantitative estimate of drug-likeness (QED) is 0.258. The second-order valence-corrected chi connectivity index (χ2v) is 9.47. The number of carbonyl (C=O) groups excluding carboxylic acids is 3. The van der Waals surface area contributed by atoms with Crippen LogP contribution in [0.15, 0.2) is 108 Å². The lowest BCUT2D eigenvalue weighted by Gasteiger charge is -2.28. The molecule has 0 aliphatic carbocycles. The molecular formula is C32H25N3O5. The van der Waals surface area contributed by atoms with Crippen LogP contribution in [0.1, 0.15) is 22.3 Å². The van der Waals surface area contributed by atoms with Gasteiger partial charge in [0.05, 0.1) is 19.2 Å². The monoisotopic (exact) mass is 531 g/mol. The van der Waals surface area contributed by atoms with E-state index in [1.807, 2.05) is 54.6 Å². The highest BCUT2D eigenvalue weighted by Crippen LogP contribution is 2.31. The number of fused-ring (bicyclic) bond motifs is 1. The van der Waals surface area contributed by atoms with Gasteiger partial charge in [-0.1, -0.05) is 48.5 Å². The summed E-state index contributed by atoms with van der Waals surface area (Å²) < 4.78 is 11.1. The Morgan fingerprint density at radius 3 is 2.45 bits per heavy atom. The molecule has 1 saturated heterocycles. The maximum Gasteiger partial charge on any atom is 0.257 e. The van der Waals surface area contributed by atoms with Crippen molar-refractivity contribution in [3.8, 4) is 17.2 Å². The third kappa shape index (κ3) is 4.71. The first kappa shape index (κ1) is 25.1. The molecule has 40 heavy (non-hydrogen) atoms. The summed E-state index contributed by atoms with van der Waals surface area (Å²) in [4.78, 5) is 47.8. The number of nitrogens with zero attached hydrogens (tertiary/aromatic N) is 3. The second-order valence-electron chi connectivity index (χ2n) is 9.47. The number of ether oxygens (including phenoxy) is 1. The number of oxazole rings is 1. The van der Waals surface area contributed by atoms with Crippen molar-refractivity contribution in [2.75, 3.05) is 12.0 Å². The Morgan fingerprint density at radius 2 is 1.70 bits per heavy atom. The molecule has 1 atom stereocenters. The number of amides is 3. The molecule has 198 valence electrons. The van der Waals surface area contributed by atoms with E-state index in [4.69, 9.17) is 9.15 Å². The molecule has 6 rings (SSSR count). The van der Waals surface area contributed by atoms with Crippen molar-refractivity contribution in [2.45, 2.75) is 19.0 Å². The summed E-state index contributed by atoms with van der Waals surface area (Å²) in [5.41, 5.74) is 3.78. The van der Waals surface area contributed by atoms with Crippen LogP contribution in [0.5, 0.6) is 5.75 Å². The van der Waals surface area contributed by atoms with Crippen molar-refractivity contribution < 1.29 is 23.5 Å². The van der Waals surface area contributed by atoms with Crippen LogP contribution in [0, 0.1) is 0 Å². The van der Waals surface area contributed by atoms with Gasteiger partial charge >= 0.3 is 0 Å². The largest absolute Gasteiger partial charge is 0.497 e. The third-order valence-electron chi connectivity index (χ3n) is 6.94. The minimum absolute atomic E-state index is 0.117. The van der Waals surface area contributed by atoms with Gasteiger partial charge in [-0.3, -0.25) is 14.4 Å². The van der Waals surface area contributed by atoms with Crippen molar-refractivity contribution in [1.82, 2.24) is 9.88 Å². The summed E-state index contributed by atoms with van der Waals surface area (Å²) in [6.07, 6.45) is -0.117. The standard InChI is InChI=1S/C32H25N3O5/c1-39-25-11-7-10-23(18-25)31(37)34(20-21-8-3-2-4-9-21)27-19-29(36)35(32(27)38)24-16-14-22(15-17-24)30-33-26-12-5-6-13-28(26)40-30/h2-18,27H,19-20H2,1H3. The zero-order valence-corrected chi connectivity index (χ0v) is 21.7. The van der Waals surface area contributed by atoms with Crippen LogP contribution >= 0.6 is 0 Å². The fourth-order valence-electron chi connectivity index (χ4n) is 4.91. The fourth-order valence-corrected chi connectivity index (χ4v) is 4.91. The van der Waals surface area contributed by atoms with Crippen LogP contribution in [0.3, 0.4) is 0 Å². The summed E-state index contributed by atoms with van der Waals surface area (Å²) in [7, 11) is 1.53. The molecule has 1 unspecified atom stereocenters. The Bertz CT molecular complexity index is 1680. The summed E-state index contributed by atoms with van der Waals surface area (Å²) in [5.74, 6) is -0.211. The van der Waals surface area contributed by atoms with Crippen LogP contribution < -0.4 is 9.64 Å². The normalized spacial score (nSPS) is 15.0. The van der Waals surface area contributed by atoms with E-state index in [1.54, 1.807) is 48.5 Å². The van der Waals surface area contributed by atoms with Crippen LogP contribution in [-0.4, -0.2) is 40.8 Å². The van der Waals surface area contributed by atoms with Crippen molar-refractivity contribution >= 4 is 34.5 Å². The molecule has 1 fully saturated rings. The Hall–Kier alpha value is -5.24. The first-order valence-electron chi connectivity index (χ1n) is 12.8. The van der Waals surface area contributed by atoms with Gasteiger partial charge < -0.3 is 14.1 Å². The SMILES string of the molecule is COc1cccc(C(=O)N(Cc2ccccc2)C2CC(=O)N(c3ccc(-c4nc5ccccc5o4)cc3)C2=O)c1. The maximum absolute atomic E-state index is 13.7. The van der Waals surface area contributed by atoms with Gasteiger partial charge in [0, 0.05) is 17.7 Å². The highest BCUT2D eigenvalue weighted by Gasteiger charge is 2.44. The Kier molecular flexibility index (Phi) is 6.57. The lowest BCUT2D eigenvalue weighted by Crippen LogP contribution is -2.45. The average Bonchev–Trinajstić information content (AvgIpc) is 3.56. The van der Waals surface area contributed by atoms with Crippen molar-refractivity contribution in [2.24, 2.45) is 0 Å². The van der Waals surface area contributed by atoms with Crippen molar-refractivity contribution in [3.05, 3.63) is 114 Å². The lowest BCUT2D eigenvalue weighted by molar-refractivity contribution is -0.122. The molecule has 2 heterocycles. The molecule has 0 radical (unpaired) electrons. The molecule has 4 aromatic carbocycles. The third-order valence-corrected chi connectivity index (χ3v) is 6.94. The van der Waals surface area contributed by atoms with E-state index in [1.165, 1.54) is 12.0 Å². The molecule has 1 aromatic heterocycles. The fraction of sp³-hybridized carbons (Fsp3) is 0.125. The van der Waals surface area contributed by atoms with Gasteiger partial charge in [-0.15, -0.1) is 0 Å². The molecular weight excluding hydrogens is 506 g/mol. The number of benzene rings is 4. The first-order chi connectivity index (χ1) is 19.5.